The van der Waals surface area contributed by atoms with Crippen LogP contribution in [0.5, 0.6) is 0 Å². The predicted molar refractivity (Wildman–Crippen MR) is 54.4 cm³/mol. The Labute approximate surface area is 82.2 Å². The van der Waals surface area contributed by atoms with Crippen LogP contribution < -0.4 is 0 Å². The molecule has 1 aromatic carbocycles. The zero-order chi connectivity index (χ0) is 9.97. The molecule has 0 saturated carbocycles. The summed E-state index contributed by atoms with van der Waals surface area (Å²) in [5.41, 5.74) is 2.95. The summed E-state index contributed by atoms with van der Waals surface area (Å²) in [6, 6.07) is 11.3. The van der Waals surface area contributed by atoms with Crippen LogP contribution in [0.4, 0.5) is 4.39 Å². The van der Waals surface area contributed by atoms with E-state index in [0.29, 0.717) is 0 Å². The molecule has 0 aliphatic carbocycles. The molecule has 0 unspecified atom stereocenters. The van der Waals surface area contributed by atoms with Gasteiger partial charge in [-0.1, -0.05) is 30.3 Å². The first kappa shape index (κ1) is 8.88. The highest BCUT2D eigenvalue weighted by Gasteiger charge is 2.02. The topological polar surface area (TPSA) is 12.9 Å². The van der Waals surface area contributed by atoms with Gasteiger partial charge in [-0.15, -0.1) is 0 Å². The minimum atomic E-state index is -0.429. The van der Waals surface area contributed by atoms with Crippen molar-refractivity contribution >= 4 is 0 Å². The first-order chi connectivity index (χ1) is 6.77. The van der Waals surface area contributed by atoms with Crippen molar-refractivity contribution in [1.29, 1.82) is 0 Å². The van der Waals surface area contributed by atoms with Crippen LogP contribution in [0, 0.1) is 12.9 Å². The quantitative estimate of drug-likeness (QED) is 0.625. The molecule has 1 heterocycles. The molecule has 2 heteroatoms. The number of aromatic nitrogens is 1. The molecule has 2 aromatic rings. The Kier molecular flexibility index (Phi) is 2.27. The molecule has 14 heavy (non-hydrogen) atoms. The maximum Gasteiger partial charge on any atom is 0.213 e. The van der Waals surface area contributed by atoms with Crippen molar-refractivity contribution in [3.05, 3.63) is 54.1 Å². The number of rotatable bonds is 1. The summed E-state index contributed by atoms with van der Waals surface area (Å²) in [7, 11) is 0. The minimum Gasteiger partial charge on any atom is -0.228 e. The monoisotopic (exact) mass is 187 g/mol. The lowest BCUT2D eigenvalue weighted by Crippen LogP contribution is -1.88. The lowest BCUT2D eigenvalue weighted by Gasteiger charge is -2.04. The van der Waals surface area contributed by atoms with Crippen LogP contribution in [-0.2, 0) is 0 Å². The SMILES string of the molecule is Cc1cc(F)ncc1-c1ccccc1. The van der Waals surface area contributed by atoms with Gasteiger partial charge in [0.25, 0.3) is 0 Å². The van der Waals surface area contributed by atoms with Crippen LogP contribution in [0.15, 0.2) is 42.6 Å². The summed E-state index contributed by atoms with van der Waals surface area (Å²) in [5, 5.41) is 0. The van der Waals surface area contributed by atoms with Crippen LogP contribution in [-0.4, -0.2) is 4.98 Å². The summed E-state index contributed by atoms with van der Waals surface area (Å²) in [6.45, 7) is 1.88. The number of hydrogen-bond acceptors (Lipinski definition) is 1. The van der Waals surface area contributed by atoms with Gasteiger partial charge in [-0.25, -0.2) is 4.98 Å². The van der Waals surface area contributed by atoms with Crippen LogP contribution >= 0.6 is 0 Å². The third kappa shape index (κ3) is 1.64. The third-order valence-electron chi connectivity index (χ3n) is 2.16. The zero-order valence-electron chi connectivity index (χ0n) is 7.87. The van der Waals surface area contributed by atoms with Crippen molar-refractivity contribution in [2.75, 3.05) is 0 Å². The van der Waals surface area contributed by atoms with Crippen molar-refractivity contribution in [2.45, 2.75) is 6.92 Å². The molecular formula is C12H10FN. The van der Waals surface area contributed by atoms with E-state index in [1.807, 2.05) is 37.3 Å². The molecule has 0 aliphatic heterocycles. The van der Waals surface area contributed by atoms with Crippen LogP contribution in [0.1, 0.15) is 5.56 Å². The number of benzene rings is 1. The molecule has 0 spiro atoms. The summed E-state index contributed by atoms with van der Waals surface area (Å²) in [4.78, 5) is 3.65. The van der Waals surface area contributed by atoms with E-state index in [1.54, 1.807) is 6.20 Å². The zero-order valence-corrected chi connectivity index (χ0v) is 7.87. The van der Waals surface area contributed by atoms with E-state index in [-0.39, 0.29) is 0 Å². The third-order valence-corrected chi connectivity index (χ3v) is 2.16. The van der Waals surface area contributed by atoms with Crippen LogP contribution in [0.3, 0.4) is 0 Å². The van der Waals surface area contributed by atoms with Crippen molar-refractivity contribution in [2.24, 2.45) is 0 Å². The van der Waals surface area contributed by atoms with Gasteiger partial charge in [0, 0.05) is 11.8 Å². The van der Waals surface area contributed by atoms with E-state index in [9.17, 15) is 4.39 Å². The second-order valence-corrected chi connectivity index (χ2v) is 3.19. The van der Waals surface area contributed by atoms with E-state index < -0.39 is 5.95 Å². The average Bonchev–Trinajstić information content (AvgIpc) is 2.19. The Bertz CT molecular complexity index is 437. The summed E-state index contributed by atoms with van der Waals surface area (Å²) < 4.78 is 12.8. The Morgan fingerprint density at radius 2 is 1.86 bits per heavy atom. The molecule has 1 nitrogen and oxygen atoms in total. The molecule has 0 radical (unpaired) electrons. The first-order valence-corrected chi connectivity index (χ1v) is 4.45. The lowest BCUT2D eigenvalue weighted by atomic mass is 10.0. The summed E-state index contributed by atoms with van der Waals surface area (Å²) in [6.07, 6.45) is 1.57. The minimum absolute atomic E-state index is 0.429. The van der Waals surface area contributed by atoms with Gasteiger partial charge < -0.3 is 0 Å². The fraction of sp³-hybridized carbons (Fsp3) is 0.0833. The maximum absolute atomic E-state index is 12.8. The van der Waals surface area contributed by atoms with E-state index in [4.69, 9.17) is 0 Å². The smallest absolute Gasteiger partial charge is 0.213 e. The maximum atomic E-state index is 12.8. The Morgan fingerprint density at radius 1 is 1.14 bits per heavy atom. The van der Waals surface area contributed by atoms with Crippen molar-refractivity contribution in [1.82, 2.24) is 4.98 Å². The molecular weight excluding hydrogens is 177 g/mol. The fourth-order valence-corrected chi connectivity index (χ4v) is 1.44. The van der Waals surface area contributed by atoms with Gasteiger partial charge in [-0.2, -0.15) is 4.39 Å². The number of nitrogens with zero attached hydrogens (tertiary/aromatic N) is 1. The van der Waals surface area contributed by atoms with Gasteiger partial charge in [0.1, 0.15) is 0 Å². The van der Waals surface area contributed by atoms with Gasteiger partial charge in [-0.05, 0) is 24.1 Å². The average molecular weight is 187 g/mol. The van der Waals surface area contributed by atoms with E-state index >= 15 is 0 Å². The molecule has 0 atom stereocenters. The second-order valence-electron chi connectivity index (χ2n) is 3.19. The standard InChI is InChI=1S/C12H10FN/c1-9-7-12(13)14-8-11(9)10-5-3-2-4-6-10/h2-8H,1H3. The van der Waals surface area contributed by atoms with Crippen molar-refractivity contribution in [3.8, 4) is 11.1 Å². The van der Waals surface area contributed by atoms with Crippen molar-refractivity contribution in [3.63, 3.8) is 0 Å². The van der Waals surface area contributed by atoms with Crippen molar-refractivity contribution < 1.29 is 4.39 Å². The van der Waals surface area contributed by atoms with Gasteiger partial charge in [0.2, 0.25) is 5.95 Å². The summed E-state index contributed by atoms with van der Waals surface area (Å²) in [5.74, 6) is -0.429. The number of hydrogen-bond donors (Lipinski definition) is 0. The van der Waals surface area contributed by atoms with Gasteiger partial charge >= 0.3 is 0 Å². The predicted octanol–water partition coefficient (Wildman–Crippen LogP) is 3.20. The second kappa shape index (κ2) is 3.58. The number of halogens is 1. The highest BCUT2D eigenvalue weighted by atomic mass is 19.1. The molecule has 0 bridgehead atoms. The molecule has 0 aliphatic rings. The van der Waals surface area contributed by atoms with Gasteiger partial charge in [-0.3, -0.25) is 0 Å². The first-order valence-electron chi connectivity index (χ1n) is 4.45. The normalized spacial score (nSPS) is 10.1. The Hall–Kier alpha value is -1.70. The van der Waals surface area contributed by atoms with Gasteiger partial charge in [0.05, 0.1) is 0 Å². The van der Waals surface area contributed by atoms with Crippen LogP contribution in [0.25, 0.3) is 11.1 Å². The molecule has 70 valence electrons. The van der Waals surface area contributed by atoms with Gasteiger partial charge in [0.15, 0.2) is 0 Å². The molecule has 0 N–H and O–H groups in total. The largest absolute Gasteiger partial charge is 0.228 e. The van der Waals surface area contributed by atoms with E-state index in [0.717, 1.165) is 16.7 Å². The highest BCUT2D eigenvalue weighted by Crippen LogP contribution is 2.21. The Balaban J connectivity index is 2.53. The van der Waals surface area contributed by atoms with Crippen LogP contribution in [0.2, 0.25) is 0 Å². The molecule has 0 saturated heterocycles. The highest BCUT2D eigenvalue weighted by molar-refractivity contribution is 5.65. The molecule has 0 fully saturated rings. The fourth-order valence-electron chi connectivity index (χ4n) is 1.44. The molecule has 2 rings (SSSR count). The molecule has 0 amide bonds. The van der Waals surface area contributed by atoms with E-state index in [1.165, 1.54) is 6.07 Å². The number of aryl methyl sites for hydroxylation is 1. The number of pyridine rings is 1. The molecule has 1 aromatic heterocycles. The lowest BCUT2D eigenvalue weighted by molar-refractivity contribution is 0.583. The van der Waals surface area contributed by atoms with E-state index in [2.05, 4.69) is 4.98 Å². The summed E-state index contributed by atoms with van der Waals surface area (Å²) >= 11 is 0. The Morgan fingerprint density at radius 3 is 2.50 bits per heavy atom.